The molecule has 1 saturated heterocycles. The number of nitrogens with one attached hydrogen (secondary N) is 1. The highest BCUT2D eigenvalue weighted by molar-refractivity contribution is 5.80. The van der Waals surface area contributed by atoms with Crippen LogP contribution in [0.1, 0.15) is 43.4 Å². The molecule has 32 heavy (non-hydrogen) atoms. The molecule has 2 aromatic rings. The van der Waals surface area contributed by atoms with Gasteiger partial charge in [0.15, 0.2) is 5.96 Å². The zero-order chi connectivity index (χ0) is 22.9. The molecular formula is C25H36N6O. The van der Waals surface area contributed by atoms with Crippen LogP contribution in [0.4, 0.5) is 5.82 Å². The molecular weight excluding hydrogens is 400 g/mol. The summed E-state index contributed by atoms with van der Waals surface area (Å²) in [5, 5.41) is 3.40. The number of amides is 1. The Labute approximate surface area is 191 Å². The summed E-state index contributed by atoms with van der Waals surface area (Å²) in [5.74, 6) is 1.59. The Morgan fingerprint density at radius 2 is 1.88 bits per heavy atom. The van der Waals surface area contributed by atoms with Crippen molar-refractivity contribution in [3.05, 3.63) is 59.3 Å². The number of aromatic nitrogens is 1. The number of hydrogen-bond donors (Lipinski definition) is 2. The lowest BCUT2D eigenvalue weighted by Gasteiger charge is -2.32. The van der Waals surface area contributed by atoms with E-state index in [-0.39, 0.29) is 11.8 Å². The van der Waals surface area contributed by atoms with E-state index in [0.29, 0.717) is 6.54 Å². The summed E-state index contributed by atoms with van der Waals surface area (Å²) >= 11 is 0. The smallest absolute Gasteiger partial charge is 0.220 e. The molecule has 2 heterocycles. The van der Waals surface area contributed by atoms with Crippen molar-refractivity contribution in [2.75, 3.05) is 31.6 Å². The molecule has 0 saturated carbocycles. The van der Waals surface area contributed by atoms with Crippen molar-refractivity contribution in [2.24, 2.45) is 16.6 Å². The molecule has 0 bridgehead atoms. The number of primary amides is 1. The lowest BCUT2D eigenvalue weighted by Crippen LogP contribution is -2.39. The molecule has 0 aliphatic carbocycles. The maximum absolute atomic E-state index is 11.5. The number of carbonyl (C=O) groups is 1. The summed E-state index contributed by atoms with van der Waals surface area (Å²) in [6, 6.07) is 12.8. The van der Waals surface area contributed by atoms with Crippen LogP contribution in [-0.4, -0.2) is 48.4 Å². The molecule has 1 aromatic heterocycles. The molecule has 7 heteroatoms. The summed E-state index contributed by atoms with van der Waals surface area (Å²) in [5.41, 5.74) is 9.18. The summed E-state index contributed by atoms with van der Waals surface area (Å²) in [7, 11) is 2.06. The van der Waals surface area contributed by atoms with Crippen LogP contribution in [0, 0.1) is 5.92 Å². The topological polar surface area (TPSA) is 86.9 Å². The van der Waals surface area contributed by atoms with E-state index in [1.807, 2.05) is 12.3 Å². The van der Waals surface area contributed by atoms with Crippen molar-refractivity contribution in [3.8, 4) is 0 Å². The third kappa shape index (κ3) is 6.22. The van der Waals surface area contributed by atoms with Gasteiger partial charge in [-0.3, -0.25) is 4.79 Å². The van der Waals surface area contributed by atoms with Crippen molar-refractivity contribution in [3.63, 3.8) is 0 Å². The highest BCUT2D eigenvalue weighted by atomic mass is 16.1. The van der Waals surface area contributed by atoms with Gasteiger partial charge in [-0.1, -0.05) is 37.3 Å². The number of nitrogens with two attached hydrogens (primary N) is 1. The molecule has 1 aliphatic rings. The minimum Gasteiger partial charge on any atom is -0.369 e. The maximum atomic E-state index is 11.5. The van der Waals surface area contributed by atoms with E-state index in [2.05, 4.69) is 71.3 Å². The molecule has 0 spiro atoms. The van der Waals surface area contributed by atoms with E-state index in [1.165, 1.54) is 11.1 Å². The average molecular weight is 437 g/mol. The first-order valence-corrected chi connectivity index (χ1v) is 11.6. The standard InChI is InChI=1S/C25H36N6O/c1-4-19-8-10-20(11-9-19)18-30(3)25(27-5-2)29-17-22-7-6-14-28-24(22)31-15-12-21(13-16-31)23(26)32/h6-11,14,21H,4-5,12-13,15-18H2,1-3H3,(H2,26,32)(H,27,29). The number of aryl methyl sites for hydroxylation is 1. The molecule has 0 radical (unpaired) electrons. The third-order valence-corrected chi connectivity index (χ3v) is 6.01. The zero-order valence-corrected chi connectivity index (χ0v) is 19.6. The molecule has 3 rings (SSSR count). The molecule has 0 atom stereocenters. The first kappa shape index (κ1) is 23.6. The Bertz CT molecular complexity index is 903. The number of hydrogen-bond acceptors (Lipinski definition) is 4. The van der Waals surface area contributed by atoms with Gasteiger partial charge >= 0.3 is 0 Å². The molecule has 3 N–H and O–H groups in total. The second-order valence-corrected chi connectivity index (χ2v) is 8.35. The molecule has 0 unspecified atom stereocenters. The number of guanidine groups is 1. The minimum absolute atomic E-state index is 0.0307. The van der Waals surface area contributed by atoms with E-state index in [1.54, 1.807) is 0 Å². The minimum atomic E-state index is -0.196. The Balaban J connectivity index is 1.70. The predicted molar refractivity (Wildman–Crippen MR) is 130 cm³/mol. The number of rotatable bonds is 8. The Morgan fingerprint density at radius 3 is 2.50 bits per heavy atom. The van der Waals surface area contributed by atoms with Crippen LogP contribution in [0.5, 0.6) is 0 Å². The fourth-order valence-electron chi connectivity index (χ4n) is 4.07. The van der Waals surface area contributed by atoms with E-state index >= 15 is 0 Å². The summed E-state index contributed by atoms with van der Waals surface area (Å²) in [6.45, 7) is 7.96. The summed E-state index contributed by atoms with van der Waals surface area (Å²) in [4.78, 5) is 25.4. The van der Waals surface area contributed by atoms with Crippen molar-refractivity contribution in [1.29, 1.82) is 0 Å². The van der Waals surface area contributed by atoms with Crippen LogP contribution in [0.2, 0.25) is 0 Å². The second-order valence-electron chi connectivity index (χ2n) is 8.35. The van der Waals surface area contributed by atoms with Crippen molar-refractivity contribution < 1.29 is 4.79 Å². The van der Waals surface area contributed by atoms with E-state index < -0.39 is 0 Å². The summed E-state index contributed by atoms with van der Waals surface area (Å²) in [6.07, 6.45) is 4.42. The third-order valence-electron chi connectivity index (χ3n) is 6.01. The zero-order valence-electron chi connectivity index (χ0n) is 19.6. The lowest BCUT2D eigenvalue weighted by atomic mass is 9.96. The highest BCUT2D eigenvalue weighted by Crippen LogP contribution is 2.25. The first-order valence-electron chi connectivity index (χ1n) is 11.6. The Kier molecular flexibility index (Phi) is 8.48. The van der Waals surface area contributed by atoms with Crippen LogP contribution in [0.15, 0.2) is 47.6 Å². The van der Waals surface area contributed by atoms with Crippen LogP contribution in [-0.2, 0) is 24.3 Å². The highest BCUT2D eigenvalue weighted by Gasteiger charge is 2.25. The van der Waals surface area contributed by atoms with Gasteiger partial charge in [0.05, 0.1) is 6.54 Å². The summed E-state index contributed by atoms with van der Waals surface area (Å²) < 4.78 is 0. The largest absolute Gasteiger partial charge is 0.369 e. The quantitative estimate of drug-likeness (QED) is 0.491. The fraction of sp³-hybridized carbons (Fsp3) is 0.480. The molecule has 7 nitrogen and oxygen atoms in total. The van der Waals surface area contributed by atoms with Crippen LogP contribution < -0.4 is 16.0 Å². The maximum Gasteiger partial charge on any atom is 0.220 e. The molecule has 1 amide bonds. The van der Waals surface area contributed by atoms with Gasteiger partial charge in [0.2, 0.25) is 5.91 Å². The monoisotopic (exact) mass is 436 g/mol. The van der Waals surface area contributed by atoms with Crippen LogP contribution in [0.3, 0.4) is 0 Å². The van der Waals surface area contributed by atoms with E-state index in [4.69, 9.17) is 10.7 Å². The molecule has 172 valence electrons. The predicted octanol–water partition coefficient (Wildman–Crippen LogP) is 2.94. The van der Waals surface area contributed by atoms with E-state index in [9.17, 15) is 4.79 Å². The van der Waals surface area contributed by atoms with Gasteiger partial charge in [0.25, 0.3) is 0 Å². The van der Waals surface area contributed by atoms with Crippen molar-refractivity contribution in [1.82, 2.24) is 15.2 Å². The first-order chi connectivity index (χ1) is 15.5. The number of aliphatic imine (C=N–C) groups is 1. The van der Waals surface area contributed by atoms with Crippen LogP contribution in [0.25, 0.3) is 0 Å². The Morgan fingerprint density at radius 1 is 1.19 bits per heavy atom. The number of anilines is 1. The lowest BCUT2D eigenvalue weighted by molar-refractivity contribution is -0.122. The fourth-order valence-corrected chi connectivity index (χ4v) is 4.07. The average Bonchev–Trinajstić information content (AvgIpc) is 2.82. The van der Waals surface area contributed by atoms with Crippen molar-refractivity contribution >= 4 is 17.7 Å². The number of nitrogens with zero attached hydrogens (tertiary/aromatic N) is 4. The van der Waals surface area contributed by atoms with E-state index in [0.717, 1.165) is 62.8 Å². The number of piperidine rings is 1. The van der Waals surface area contributed by atoms with Crippen LogP contribution >= 0.6 is 0 Å². The molecule has 1 aliphatic heterocycles. The second kappa shape index (κ2) is 11.5. The SMILES string of the molecule is CCNC(=NCc1cccnc1N1CCC(C(N)=O)CC1)N(C)Cc1ccc(CC)cc1. The van der Waals surface area contributed by atoms with Gasteiger partial charge < -0.3 is 20.9 Å². The van der Waals surface area contributed by atoms with Gasteiger partial charge in [-0.15, -0.1) is 0 Å². The number of pyridine rings is 1. The molecule has 1 fully saturated rings. The van der Waals surface area contributed by atoms with Gasteiger partial charge in [-0.25, -0.2) is 9.98 Å². The van der Waals surface area contributed by atoms with Gasteiger partial charge in [-0.05, 0) is 43.4 Å². The molecule has 1 aromatic carbocycles. The number of carbonyl (C=O) groups excluding carboxylic acids is 1. The van der Waals surface area contributed by atoms with Gasteiger partial charge in [0, 0.05) is 50.9 Å². The number of benzene rings is 1. The Hall–Kier alpha value is -3.09. The van der Waals surface area contributed by atoms with Crippen molar-refractivity contribution in [2.45, 2.75) is 46.2 Å². The van der Waals surface area contributed by atoms with Gasteiger partial charge in [-0.2, -0.15) is 0 Å². The van der Waals surface area contributed by atoms with Gasteiger partial charge in [0.1, 0.15) is 5.82 Å². The normalized spacial score (nSPS) is 15.0.